The van der Waals surface area contributed by atoms with E-state index in [1.54, 1.807) is 19.9 Å². The minimum Gasteiger partial charge on any atom is -0.459 e. The number of carbonyl (C=O) groups excluding carboxylic acids is 1. The van der Waals surface area contributed by atoms with Gasteiger partial charge in [-0.15, -0.1) is 0 Å². The molecule has 1 atom stereocenters. The van der Waals surface area contributed by atoms with Crippen LogP contribution in [0, 0.1) is 0 Å². The Kier molecular flexibility index (Phi) is 3.88. The van der Waals surface area contributed by atoms with Crippen LogP contribution in [0.25, 0.3) is 0 Å². The first-order valence-corrected chi connectivity index (χ1v) is 5.06. The SMILES string of the molecule is CC=C(C)C(=O)OC[C@H]1COC(C)(C)O1. The first-order valence-electron chi connectivity index (χ1n) is 5.06. The molecule has 15 heavy (non-hydrogen) atoms. The zero-order chi connectivity index (χ0) is 11.5. The summed E-state index contributed by atoms with van der Waals surface area (Å²) >= 11 is 0. The van der Waals surface area contributed by atoms with Gasteiger partial charge < -0.3 is 14.2 Å². The Labute approximate surface area is 90.2 Å². The zero-order valence-electron chi connectivity index (χ0n) is 9.70. The van der Waals surface area contributed by atoms with Gasteiger partial charge in [-0.05, 0) is 27.7 Å². The van der Waals surface area contributed by atoms with Crippen molar-refractivity contribution in [2.75, 3.05) is 13.2 Å². The van der Waals surface area contributed by atoms with Crippen molar-refractivity contribution in [1.82, 2.24) is 0 Å². The molecule has 0 aromatic rings. The van der Waals surface area contributed by atoms with Crippen LogP contribution in [0.3, 0.4) is 0 Å². The number of rotatable bonds is 3. The van der Waals surface area contributed by atoms with Gasteiger partial charge in [-0.25, -0.2) is 4.79 Å². The van der Waals surface area contributed by atoms with Gasteiger partial charge in [0, 0.05) is 5.57 Å². The van der Waals surface area contributed by atoms with Crippen molar-refractivity contribution in [2.45, 2.75) is 39.6 Å². The molecule has 86 valence electrons. The average molecular weight is 214 g/mol. The molecule has 4 nitrogen and oxygen atoms in total. The molecular formula is C11H18O4. The number of allylic oxidation sites excluding steroid dienone is 1. The Hall–Kier alpha value is -0.870. The van der Waals surface area contributed by atoms with E-state index in [1.807, 2.05) is 13.8 Å². The Bertz CT molecular complexity index is 268. The summed E-state index contributed by atoms with van der Waals surface area (Å²) in [6.07, 6.45) is 1.56. The van der Waals surface area contributed by atoms with Crippen LogP contribution in [-0.4, -0.2) is 31.1 Å². The summed E-state index contributed by atoms with van der Waals surface area (Å²) in [5, 5.41) is 0. The monoisotopic (exact) mass is 214 g/mol. The minimum absolute atomic E-state index is 0.159. The van der Waals surface area contributed by atoms with Crippen LogP contribution in [0.2, 0.25) is 0 Å². The highest BCUT2D eigenvalue weighted by atomic mass is 16.7. The van der Waals surface area contributed by atoms with E-state index in [2.05, 4.69) is 0 Å². The summed E-state index contributed by atoms with van der Waals surface area (Å²) < 4.78 is 15.9. The van der Waals surface area contributed by atoms with Crippen molar-refractivity contribution in [2.24, 2.45) is 0 Å². The maximum Gasteiger partial charge on any atom is 0.333 e. The van der Waals surface area contributed by atoms with Gasteiger partial charge in [0.1, 0.15) is 12.7 Å². The van der Waals surface area contributed by atoms with Crippen molar-refractivity contribution in [3.05, 3.63) is 11.6 Å². The summed E-state index contributed by atoms with van der Waals surface area (Å²) in [7, 11) is 0. The van der Waals surface area contributed by atoms with Crippen LogP contribution in [-0.2, 0) is 19.0 Å². The molecule has 1 rings (SSSR count). The Morgan fingerprint density at radius 3 is 2.73 bits per heavy atom. The van der Waals surface area contributed by atoms with Crippen LogP contribution in [0.5, 0.6) is 0 Å². The van der Waals surface area contributed by atoms with Gasteiger partial charge in [0.05, 0.1) is 6.61 Å². The van der Waals surface area contributed by atoms with E-state index in [4.69, 9.17) is 14.2 Å². The molecule has 0 spiro atoms. The van der Waals surface area contributed by atoms with Gasteiger partial charge in [0.25, 0.3) is 0 Å². The average Bonchev–Trinajstić information content (AvgIpc) is 2.53. The fourth-order valence-electron chi connectivity index (χ4n) is 1.25. The van der Waals surface area contributed by atoms with Crippen LogP contribution in [0.1, 0.15) is 27.7 Å². The van der Waals surface area contributed by atoms with Crippen molar-refractivity contribution < 1.29 is 19.0 Å². The lowest BCUT2D eigenvalue weighted by atomic mass is 10.3. The molecule has 1 heterocycles. The van der Waals surface area contributed by atoms with Crippen LogP contribution in [0.15, 0.2) is 11.6 Å². The van der Waals surface area contributed by atoms with Crippen molar-refractivity contribution in [1.29, 1.82) is 0 Å². The first kappa shape index (κ1) is 12.2. The summed E-state index contributed by atoms with van der Waals surface area (Å²) in [4.78, 5) is 11.3. The fourth-order valence-corrected chi connectivity index (χ4v) is 1.25. The molecule has 0 aliphatic carbocycles. The van der Waals surface area contributed by atoms with Gasteiger partial charge in [-0.3, -0.25) is 0 Å². The Morgan fingerprint density at radius 2 is 2.27 bits per heavy atom. The number of hydrogen-bond donors (Lipinski definition) is 0. The third-order valence-corrected chi connectivity index (χ3v) is 2.22. The van der Waals surface area contributed by atoms with E-state index in [1.165, 1.54) is 0 Å². The normalized spacial score (nSPS) is 25.3. The quantitative estimate of drug-likeness (QED) is 0.529. The largest absolute Gasteiger partial charge is 0.459 e. The maximum absolute atomic E-state index is 11.3. The fraction of sp³-hybridized carbons (Fsp3) is 0.727. The van der Waals surface area contributed by atoms with Gasteiger partial charge in [-0.1, -0.05) is 6.08 Å². The second-order valence-electron chi connectivity index (χ2n) is 4.02. The smallest absolute Gasteiger partial charge is 0.333 e. The van der Waals surface area contributed by atoms with E-state index in [9.17, 15) is 4.79 Å². The topological polar surface area (TPSA) is 44.8 Å². The van der Waals surface area contributed by atoms with Crippen molar-refractivity contribution in [3.8, 4) is 0 Å². The van der Waals surface area contributed by atoms with Crippen molar-refractivity contribution in [3.63, 3.8) is 0 Å². The number of ether oxygens (including phenoxy) is 3. The molecule has 1 aliphatic rings. The van der Waals surface area contributed by atoms with Gasteiger partial charge in [0.2, 0.25) is 0 Å². The lowest BCUT2D eigenvalue weighted by Gasteiger charge is -2.16. The molecular weight excluding hydrogens is 196 g/mol. The zero-order valence-corrected chi connectivity index (χ0v) is 9.70. The summed E-state index contributed by atoms with van der Waals surface area (Å²) in [6.45, 7) is 7.91. The highest BCUT2D eigenvalue weighted by Crippen LogP contribution is 2.22. The number of carbonyl (C=O) groups is 1. The second kappa shape index (κ2) is 4.77. The summed E-state index contributed by atoms with van der Waals surface area (Å²) in [5.74, 6) is -0.863. The first-order chi connectivity index (χ1) is 6.94. The predicted octanol–water partition coefficient (Wildman–Crippen LogP) is 1.65. The van der Waals surface area contributed by atoms with Crippen LogP contribution < -0.4 is 0 Å². The standard InChI is InChI=1S/C11H18O4/c1-5-8(2)10(12)13-6-9-7-14-11(3,4)15-9/h5,9H,6-7H2,1-4H3/t9-/m0/s1. The number of esters is 1. The maximum atomic E-state index is 11.3. The molecule has 1 fully saturated rings. The second-order valence-corrected chi connectivity index (χ2v) is 4.02. The van der Waals surface area contributed by atoms with E-state index < -0.39 is 5.79 Å². The van der Waals surface area contributed by atoms with E-state index in [0.717, 1.165) is 0 Å². The highest BCUT2D eigenvalue weighted by Gasteiger charge is 2.33. The highest BCUT2D eigenvalue weighted by molar-refractivity contribution is 5.87. The van der Waals surface area contributed by atoms with Gasteiger partial charge in [0.15, 0.2) is 5.79 Å². The van der Waals surface area contributed by atoms with Crippen LogP contribution in [0.4, 0.5) is 0 Å². The van der Waals surface area contributed by atoms with E-state index in [0.29, 0.717) is 12.2 Å². The Balaban J connectivity index is 2.30. The molecule has 0 saturated carbocycles. The van der Waals surface area contributed by atoms with Crippen molar-refractivity contribution >= 4 is 5.97 Å². The minimum atomic E-state index is -0.563. The van der Waals surface area contributed by atoms with E-state index >= 15 is 0 Å². The molecule has 1 aliphatic heterocycles. The molecule has 0 aromatic carbocycles. The lowest BCUT2D eigenvalue weighted by molar-refractivity contribution is -0.155. The molecule has 4 heteroatoms. The predicted molar refractivity (Wildman–Crippen MR) is 55.3 cm³/mol. The van der Waals surface area contributed by atoms with Gasteiger partial charge in [-0.2, -0.15) is 0 Å². The molecule has 0 radical (unpaired) electrons. The third-order valence-electron chi connectivity index (χ3n) is 2.22. The summed E-state index contributed by atoms with van der Waals surface area (Å²) in [5.41, 5.74) is 0.605. The molecule has 0 unspecified atom stereocenters. The molecule has 0 aromatic heterocycles. The van der Waals surface area contributed by atoms with E-state index in [-0.39, 0.29) is 18.7 Å². The molecule has 1 saturated heterocycles. The number of hydrogen-bond acceptors (Lipinski definition) is 4. The van der Waals surface area contributed by atoms with Crippen LogP contribution >= 0.6 is 0 Å². The molecule has 0 amide bonds. The third kappa shape index (κ3) is 3.64. The molecule has 0 bridgehead atoms. The lowest BCUT2D eigenvalue weighted by Crippen LogP contribution is -2.25. The molecule has 0 N–H and O–H groups in total. The van der Waals surface area contributed by atoms with Gasteiger partial charge >= 0.3 is 5.97 Å². The summed E-state index contributed by atoms with van der Waals surface area (Å²) in [6, 6.07) is 0. The Morgan fingerprint density at radius 1 is 1.60 bits per heavy atom.